The number of rotatable bonds is 3. The van der Waals surface area contributed by atoms with Crippen LogP contribution in [0.2, 0.25) is 10.0 Å². The highest BCUT2D eigenvalue weighted by molar-refractivity contribution is 6.33. The minimum atomic E-state index is -0.475. The smallest absolute Gasteiger partial charge is 0.148 e. The first-order chi connectivity index (χ1) is 7.09. The van der Waals surface area contributed by atoms with Crippen LogP contribution in [0, 0.1) is 11.7 Å². The Kier molecular flexibility index (Phi) is 3.19. The molecule has 0 bridgehead atoms. The van der Waals surface area contributed by atoms with E-state index in [2.05, 4.69) is 0 Å². The molecule has 4 heteroatoms. The highest BCUT2D eigenvalue weighted by Crippen LogP contribution is 2.39. The van der Waals surface area contributed by atoms with E-state index in [9.17, 15) is 4.39 Å². The van der Waals surface area contributed by atoms with E-state index >= 15 is 0 Å². The van der Waals surface area contributed by atoms with E-state index < -0.39 is 5.82 Å². The van der Waals surface area contributed by atoms with E-state index in [0.29, 0.717) is 16.5 Å². The molecule has 0 radical (unpaired) electrons. The maximum absolute atomic E-state index is 13.7. The number of hydrogen-bond donors (Lipinski definition) is 1. The van der Waals surface area contributed by atoms with Gasteiger partial charge in [0.15, 0.2) is 0 Å². The monoisotopic (exact) mass is 247 g/mol. The molecule has 1 atom stereocenters. The largest absolute Gasteiger partial charge is 0.324 e. The molecule has 15 heavy (non-hydrogen) atoms. The van der Waals surface area contributed by atoms with Crippen LogP contribution in [0.5, 0.6) is 0 Å². The summed E-state index contributed by atoms with van der Waals surface area (Å²) in [6, 6.07) is 2.70. The molecule has 1 aromatic rings. The third-order valence-corrected chi connectivity index (χ3v) is 3.36. The van der Waals surface area contributed by atoms with Crippen molar-refractivity contribution >= 4 is 23.2 Å². The first-order valence-corrected chi connectivity index (χ1v) is 5.74. The van der Waals surface area contributed by atoms with Gasteiger partial charge < -0.3 is 5.73 Å². The minimum absolute atomic E-state index is 0.0839. The van der Waals surface area contributed by atoms with Crippen molar-refractivity contribution in [3.63, 3.8) is 0 Å². The molecule has 1 saturated carbocycles. The fourth-order valence-corrected chi connectivity index (χ4v) is 2.16. The summed E-state index contributed by atoms with van der Waals surface area (Å²) in [6.45, 7) is 0. The van der Waals surface area contributed by atoms with Crippen LogP contribution in [0.4, 0.5) is 4.39 Å². The number of hydrogen-bond acceptors (Lipinski definition) is 1. The first kappa shape index (κ1) is 11.2. The van der Waals surface area contributed by atoms with Gasteiger partial charge in [-0.2, -0.15) is 0 Å². The molecule has 1 fully saturated rings. The molecule has 82 valence electrons. The van der Waals surface area contributed by atoms with Crippen molar-refractivity contribution in [2.45, 2.75) is 25.3 Å². The fourth-order valence-electron chi connectivity index (χ4n) is 1.71. The zero-order chi connectivity index (χ0) is 11.0. The second kappa shape index (κ2) is 4.28. The van der Waals surface area contributed by atoms with E-state index in [4.69, 9.17) is 28.9 Å². The fraction of sp³-hybridized carbons (Fsp3) is 0.455. The maximum Gasteiger partial charge on any atom is 0.148 e. The van der Waals surface area contributed by atoms with Crippen LogP contribution in [0.3, 0.4) is 0 Å². The van der Waals surface area contributed by atoms with Crippen LogP contribution in [-0.4, -0.2) is 0 Å². The average molecular weight is 248 g/mol. The topological polar surface area (TPSA) is 26.0 Å². The molecule has 0 spiro atoms. The van der Waals surface area contributed by atoms with Gasteiger partial charge in [-0.1, -0.05) is 36.0 Å². The predicted octanol–water partition coefficient (Wildman–Crippen LogP) is 3.93. The highest BCUT2D eigenvalue weighted by atomic mass is 35.5. The van der Waals surface area contributed by atoms with Crippen LogP contribution in [0.15, 0.2) is 12.1 Å². The molecule has 0 aliphatic heterocycles. The first-order valence-electron chi connectivity index (χ1n) is 4.98. The van der Waals surface area contributed by atoms with Crippen molar-refractivity contribution in [1.29, 1.82) is 0 Å². The Morgan fingerprint density at radius 3 is 2.53 bits per heavy atom. The lowest BCUT2D eigenvalue weighted by Gasteiger charge is -2.14. The molecule has 2 rings (SSSR count). The molecule has 1 nitrogen and oxygen atoms in total. The quantitative estimate of drug-likeness (QED) is 0.805. The summed E-state index contributed by atoms with van der Waals surface area (Å²) in [5.41, 5.74) is 6.28. The van der Waals surface area contributed by atoms with Gasteiger partial charge in [-0.25, -0.2) is 4.39 Å². The summed E-state index contributed by atoms with van der Waals surface area (Å²) in [5.74, 6) is 0.159. The summed E-state index contributed by atoms with van der Waals surface area (Å²) >= 11 is 11.6. The Morgan fingerprint density at radius 1 is 1.33 bits per heavy atom. The van der Waals surface area contributed by atoms with Crippen molar-refractivity contribution in [2.24, 2.45) is 11.7 Å². The summed E-state index contributed by atoms with van der Waals surface area (Å²) in [6.07, 6.45) is 3.16. The summed E-state index contributed by atoms with van der Waals surface area (Å²) in [4.78, 5) is 0. The molecule has 0 aromatic heterocycles. The Morgan fingerprint density at radius 2 is 1.93 bits per heavy atom. The zero-order valence-corrected chi connectivity index (χ0v) is 9.65. The van der Waals surface area contributed by atoms with Gasteiger partial charge in [0.25, 0.3) is 0 Å². The van der Waals surface area contributed by atoms with Crippen LogP contribution in [-0.2, 0) is 0 Å². The summed E-state index contributed by atoms with van der Waals surface area (Å²) in [7, 11) is 0. The molecule has 0 unspecified atom stereocenters. The SMILES string of the molecule is N[C@H](CC1CC1)c1c(Cl)ccc(Cl)c1F. The Labute approximate surface area is 98.4 Å². The molecule has 0 saturated heterocycles. The third-order valence-electron chi connectivity index (χ3n) is 2.73. The second-order valence-electron chi connectivity index (χ2n) is 4.04. The highest BCUT2D eigenvalue weighted by Gasteiger charge is 2.27. The lowest BCUT2D eigenvalue weighted by Crippen LogP contribution is -2.13. The van der Waals surface area contributed by atoms with Gasteiger partial charge in [-0.05, 0) is 24.5 Å². The van der Waals surface area contributed by atoms with Gasteiger partial charge >= 0.3 is 0 Å². The second-order valence-corrected chi connectivity index (χ2v) is 4.86. The minimum Gasteiger partial charge on any atom is -0.324 e. The number of halogens is 3. The Hall–Kier alpha value is -0.310. The Balaban J connectivity index is 2.27. The summed E-state index contributed by atoms with van der Waals surface area (Å²) in [5, 5.41) is 0.450. The van der Waals surface area contributed by atoms with Crippen molar-refractivity contribution in [1.82, 2.24) is 0 Å². The molecular formula is C11H12Cl2FN. The van der Waals surface area contributed by atoms with E-state index in [1.165, 1.54) is 18.9 Å². The van der Waals surface area contributed by atoms with Crippen LogP contribution in [0.1, 0.15) is 30.9 Å². The number of nitrogens with two attached hydrogens (primary N) is 1. The molecule has 0 amide bonds. The standard InChI is InChI=1S/C11H12Cl2FN/c12-7-3-4-8(13)11(14)10(7)9(15)5-6-1-2-6/h3-4,6,9H,1-2,5,15H2/t9-/m1/s1. The molecule has 1 aromatic carbocycles. The molecule has 1 aliphatic rings. The number of benzene rings is 1. The lowest BCUT2D eigenvalue weighted by molar-refractivity contribution is 0.543. The van der Waals surface area contributed by atoms with Crippen LogP contribution < -0.4 is 5.73 Å². The zero-order valence-electron chi connectivity index (χ0n) is 8.14. The van der Waals surface area contributed by atoms with E-state index in [1.807, 2.05) is 0 Å². The van der Waals surface area contributed by atoms with E-state index in [1.54, 1.807) is 6.07 Å². The maximum atomic E-state index is 13.7. The van der Waals surface area contributed by atoms with Crippen molar-refractivity contribution in [2.75, 3.05) is 0 Å². The van der Waals surface area contributed by atoms with Crippen LogP contribution >= 0.6 is 23.2 Å². The molecule has 2 N–H and O–H groups in total. The third kappa shape index (κ3) is 2.44. The van der Waals surface area contributed by atoms with E-state index in [-0.39, 0.29) is 11.1 Å². The molecule has 1 aliphatic carbocycles. The van der Waals surface area contributed by atoms with Crippen LogP contribution in [0.25, 0.3) is 0 Å². The van der Waals surface area contributed by atoms with Crippen molar-refractivity contribution in [3.05, 3.63) is 33.6 Å². The Bertz CT molecular complexity index is 377. The molecular weight excluding hydrogens is 236 g/mol. The van der Waals surface area contributed by atoms with Crippen molar-refractivity contribution < 1.29 is 4.39 Å². The normalized spacial score (nSPS) is 17.9. The van der Waals surface area contributed by atoms with Gasteiger partial charge in [0.05, 0.1) is 5.02 Å². The van der Waals surface area contributed by atoms with Crippen molar-refractivity contribution in [3.8, 4) is 0 Å². The summed E-state index contributed by atoms with van der Waals surface area (Å²) < 4.78 is 13.7. The molecule has 0 heterocycles. The lowest BCUT2D eigenvalue weighted by atomic mass is 10.0. The van der Waals surface area contributed by atoms with E-state index in [0.717, 1.165) is 6.42 Å². The average Bonchev–Trinajstić information content (AvgIpc) is 2.96. The van der Waals surface area contributed by atoms with Gasteiger partial charge in [-0.3, -0.25) is 0 Å². The predicted molar refractivity (Wildman–Crippen MR) is 60.7 cm³/mol. The van der Waals surface area contributed by atoms with Gasteiger partial charge in [0.2, 0.25) is 0 Å². The van der Waals surface area contributed by atoms with Gasteiger partial charge in [-0.15, -0.1) is 0 Å². The van der Waals surface area contributed by atoms with Gasteiger partial charge in [0, 0.05) is 16.6 Å². The van der Waals surface area contributed by atoms with Gasteiger partial charge in [0.1, 0.15) is 5.82 Å².